The summed E-state index contributed by atoms with van der Waals surface area (Å²) >= 11 is 0. The van der Waals surface area contributed by atoms with Crippen molar-refractivity contribution in [2.45, 2.75) is 6.61 Å². The van der Waals surface area contributed by atoms with Crippen molar-refractivity contribution in [2.24, 2.45) is 0 Å². The van der Waals surface area contributed by atoms with E-state index in [9.17, 15) is 0 Å². The minimum absolute atomic E-state index is 0.0430. The predicted molar refractivity (Wildman–Crippen MR) is 44.5 cm³/mol. The average Bonchev–Trinajstić information content (AvgIpc) is 2.04. The highest BCUT2D eigenvalue weighted by molar-refractivity contribution is 5.50. The van der Waals surface area contributed by atoms with Gasteiger partial charge in [0.2, 0.25) is 0 Å². The molecule has 1 heterocycles. The number of hydrogen-bond acceptors (Lipinski definition) is 3. The van der Waals surface area contributed by atoms with Crippen LogP contribution in [0.3, 0.4) is 0 Å². The molecule has 0 fully saturated rings. The summed E-state index contributed by atoms with van der Waals surface area (Å²) in [4.78, 5) is 5.86. The van der Waals surface area contributed by atoms with Crippen LogP contribution >= 0.6 is 0 Å². The molecular formula is C8H12N2O. The normalized spacial score (nSPS) is 9.73. The summed E-state index contributed by atoms with van der Waals surface area (Å²) in [5, 5.41) is 8.90. The van der Waals surface area contributed by atoms with Crippen LogP contribution in [0.1, 0.15) is 5.56 Å². The fourth-order valence-electron chi connectivity index (χ4n) is 0.978. The summed E-state index contributed by atoms with van der Waals surface area (Å²) in [6.45, 7) is 0.0430. The van der Waals surface area contributed by atoms with Crippen LogP contribution < -0.4 is 4.90 Å². The highest BCUT2D eigenvalue weighted by atomic mass is 16.3. The Labute approximate surface area is 66.3 Å². The second kappa shape index (κ2) is 3.34. The standard InChI is InChI=1S/C8H12N2O/c1-10(2)8-3-4-9-5-7(8)6-11/h3-5,11H,6H2,1-2H3. The van der Waals surface area contributed by atoms with E-state index in [2.05, 4.69) is 4.98 Å². The SMILES string of the molecule is CN(C)c1ccncc1CO. The van der Waals surface area contributed by atoms with E-state index in [-0.39, 0.29) is 6.61 Å². The second-order valence-corrected chi connectivity index (χ2v) is 2.56. The minimum Gasteiger partial charge on any atom is -0.392 e. The maximum absolute atomic E-state index is 8.90. The molecule has 0 aliphatic carbocycles. The third kappa shape index (κ3) is 1.68. The van der Waals surface area contributed by atoms with Gasteiger partial charge in [-0.05, 0) is 6.07 Å². The third-order valence-electron chi connectivity index (χ3n) is 1.53. The number of rotatable bonds is 2. The summed E-state index contributed by atoms with van der Waals surface area (Å²) < 4.78 is 0. The van der Waals surface area contributed by atoms with Crippen molar-refractivity contribution in [1.82, 2.24) is 4.98 Å². The molecule has 0 spiro atoms. The van der Waals surface area contributed by atoms with E-state index in [0.717, 1.165) is 11.3 Å². The van der Waals surface area contributed by atoms with Crippen molar-refractivity contribution in [3.8, 4) is 0 Å². The van der Waals surface area contributed by atoms with Gasteiger partial charge < -0.3 is 10.0 Å². The van der Waals surface area contributed by atoms with Crippen LogP contribution in [-0.4, -0.2) is 24.2 Å². The van der Waals surface area contributed by atoms with Crippen LogP contribution in [0.2, 0.25) is 0 Å². The molecule has 1 rings (SSSR count). The van der Waals surface area contributed by atoms with Gasteiger partial charge in [-0.1, -0.05) is 0 Å². The number of aliphatic hydroxyl groups is 1. The first kappa shape index (κ1) is 8.01. The van der Waals surface area contributed by atoms with Crippen LogP contribution in [0.25, 0.3) is 0 Å². The largest absolute Gasteiger partial charge is 0.392 e. The van der Waals surface area contributed by atoms with E-state index < -0.39 is 0 Å². The average molecular weight is 152 g/mol. The van der Waals surface area contributed by atoms with E-state index in [1.807, 2.05) is 25.1 Å². The molecule has 0 radical (unpaired) electrons. The smallest absolute Gasteiger partial charge is 0.0717 e. The van der Waals surface area contributed by atoms with Gasteiger partial charge in [-0.2, -0.15) is 0 Å². The van der Waals surface area contributed by atoms with Crippen molar-refractivity contribution >= 4 is 5.69 Å². The van der Waals surface area contributed by atoms with Crippen molar-refractivity contribution in [1.29, 1.82) is 0 Å². The maximum atomic E-state index is 8.90. The lowest BCUT2D eigenvalue weighted by atomic mass is 10.2. The predicted octanol–water partition coefficient (Wildman–Crippen LogP) is 0.640. The van der Waals surface area contributed by atoms with Crippen molar-refractivity contribution in [3.63, 3.8) is 0 Å². The second-order valence-electron chi connectivity index (χ2n) is 2.56. The first-order valence-corrected chi connectivity index (χ1v) is 3.46. The molecule has 0 aromatic carbocycles. The molecule has 60 valence electrons. The van der Waals surface area contributed by atoms with Gasteiger partial charge in [-0.3, -0.25) is 4.98 Å². The number of pyridine rings is 1. The Kier molecular flexibility index (Phi) is 2.44. The quantitative estimate of drug-likeness (QED) is 0.675. The lowest BCUT2D eigenvalue weighted by Crippen LogP contribution is -2.11. The molecule has 11 heavy (non-hydrogen) atoms. The zero-order chi connectivity index (χ0) is 8.27. The lowest BCUT2D eigenvalue weighted by molar-refractivity contribution is 0.281. The molecule has 0 bridgehead atoms. The number of hydrogen-bond donors (Lipinski definition) is 1. The van der Waals surface area contributed by atoms with Gasteiger partial charge in [0.1, 0.15) is 0 Å². The maximum Gasteiger partial charge on any atom is 0.0717 e. The first-order valence-electron chi connectivity index (χ1n) is 3.46. The van der Waals surface area contributed by atoms with Crippen LogP contribution in [-0.2, 0) is 6.61 Å². The topological polar surface area (TPSA) is 36.4 Å². The van der Waals surface area contributed by atoms with E-state index in [0.29, 0.717) is 0 Å². The minimum atomic E-state index is 0.0430. The molecule has 3 nitrogen and oxygen atoms in total. The Morgan fingerprint density at radius 2 is 2.27 bits per heavy atom. The van der Waals surface area contributed by atoms with Gasteiger partial charge in [-0.25, -0.2) is 0 Å². The van der Waals surface area contributed by atoms with Crippen LogP contribution in [0.4, 0.5) is 5.69 Å². The molecule has 0 saturated heterocycles. The molecule has 3 heteroatoms. The Bertz CT molecular complexity index is 235. The first-order chi connectivity index (χ1) is 5.25. The van der Waals surface area contributed by atoms with Gasteiger partial charge in [0.05, 0.1) is 6.61 Å². The molecule has 0 aliphatic heterocycles. The monoisotopic (exact) mass is 152 g/mol. The summed E-state index contributed by atoms with van der Waals surface area (Å²) in [5.74, 6) is 0. The fraction of sp³-hybridized carbons (Fsp3) is 0.375. The number of aliphatic hydroxyl groups excluding tert-OH is 1. The summed E-state index contributed by atoms with van der Waals surface area (Å²) in [6.07, 6.45) is 3.39. The zero-order valence-electron chi connectivity index (χ0n) is 6.78. The Hall–Kier alpha value is -1.09. The van der Waals surface area contributed by atoms with Gasteiger partial charge >= 0.3 is 0 Å². The van der Waals surface area contributed by atoms with Gasteiger partial charge in [0, 0.05) is 37.7 Å². The fourth-order valence-corrected chi connectivity index (χ4v) is 0.978. The van der Waals surface area contributed by atoms with Gasteiger partial charge in [-0.15, -0.1) is 0 Å². The molecule has 0 atom stereocenters. The highest BCUT2D eigenvalue weighted by Crippen LogP contribution is 2.15. The number of anilines is 1. The molecule has 1 N–H and O–H groups in total. The van der Waals surface area contributed by atoms with Gasteiger partial charge in [0.15, 0.2) is 0 Å². The van der Waals surface area contributed by atoms with Crippen LogP contribution in [0.15, 0.2) is 18.5 Å². The zero-order valence-corrected chi connectivity index (χ0v) is 6.78. The summed E-state index contributed by atoms with van der Waals surface area (Å²) in [7, 11) is 3.88. The number of nitrogens with zero attached hydrogens (tertiary/aromatic N) is 2. The molecule has 0 aliphatic rings. The molecule has 0 amide bonds. The van der Waals surface area contributed by atoms with Crippen molar-refractivity contribution < 1.29 is 5.11 Å². The Balaban J connectivity index is 3.02. The van der Waals surface area contributed by atoms with Gasteiger partial charge in [0.25, 0.3) is 0 Å². The Morgan fingerprint density at radius 1 is 1.55 bits per heavy atom. The highest BCUT2D eigenvalue weighted by Gasteiger charge is 2.00. The molecule has 0 unspecified atom stereocenters. The molecular weight excluding hydrogens is 140 g/mol. The van der Waals surface area contributed by atoms with Crippen molar-refractivity contribution in [3.05, 3.63) is 24.0 Å². The van der Waals surface area contributed by atoms with Crippen LogP contribution in [0, 0.1) is 0 Å². The summed E-state index contributed by atoms with van der Waals surface area (Å²) in [5.41, 5.74) is 1.88. The lowest BCUT2D eigenvalue weighted by Gasteiger charge is -2.14. The van der Waals surface area contributed by atoms with Crippen molar-refractivity contribution in [2.75, 3.05) is 19.0 Å². The van der Waals surface area contributed by atoms with E-state index in [4.69, 9.17) is 5.11 Å². The molecule has 1 aromatic rings. The van der Waals surface area contributed by atoms with E-state index >= 15 is 0 Å². The molecule has 0 saturated carbocycles. The van der Waals surface area contributed by atoms with E-state index in [1.54, 1.807) is 12.4 Å². The summed E-state index contributed by atoms with van der Waals surface area (Å²) in [6, 6.07) is 1.88. The molecule has 1 aromatic heterocycles. The third-order valence-corrected chi connectivity index (χ3v) is 1.53. The number of aromatic nitrogens is 1. The Morgan fingerprint density at radius 3 is 2.73 bits per heavy atom. The van der Waals surface area contributed by atoms with Crippen LogP contribution in [0.5, 0.6) is 0 Å². The van der Waals surface area contributed by atoms with E-state index in [1.165, 1.54) is 0 Å².